The first-order chi connectivity index (χ1) is 11.0. The summed E-state index contributed by atoms with van der Waals surface area (Å²) in [6, 6.07) is 4.92. The maximum Gasteiger partial charge on any atom is 0.261 e. The van der Waals surface area contributed by atoms with Gasteiger partial charge in [0.25, 0.3) is 11.8 Å². The zero-order valence-electron chi connectivity index (χ0n) is 12.0. The summed E-state index contributed by atoms with van der Waals surface area (Å²) in [5.74, 6) is -1.08. The van der Waals surface area contributed by atoms with Gasteiger partial charge in [0.2, 0.25) is 11.0 Å². The largest absolute Gasteiger partial charge is 0.300 e. The Morgan fingerprint density at radius 1 is 1.26 bits per heavy atom. The van der Waals surface area contributed by atoms with Gasteiger partial charge >= 0.3 is 0 Å². The second-order valence-electron chi connectivity index (χ2n) is 4.88. The standard InChI is InChI=1S/C14H11BrN4O3S/c1-7-17-18-14(23-7)16-11(20)4-5-19-12(21)9-3-2-8(15)6-10(9)13(19)22/h2-3,6H,4-5H2,1H3,(H,16,18,20). The van der Waals surface area contributed by atoms with Crippen molar-refractivity contribution in [2.45, 2.75) is 13.3 Å². The van der Waals surface area contributed by atoms with Gasteiger partial charge in [0, 0.05) is 17.4 Å². The summed E-state index contributed by atoms with van der Waals surface area (Å²) in [6.45, 7) is 1.80. The normalized spacial score (nSPS) is 13.4. The Morgan fingerprint density at radius 3 is 2.70 bits per heavy atom. The van der Waals surface area contributed by atoms with Crippen LogP contribution in [0.15, 0.2) is 22.7 Å². The van der Waals surface area contributed by atoms with E-state index in [1.54, 1.807) is 25.1 Å². The van der Waals surface area contributed by atoms with Crippen LogP contribution in [-0.4, -0.2) is 39.4 Å². The quantitative estimate of drug-likeness (QED) is 0.802. The minimum absolute atomic E-state index is 0.00522. The smallest absolute Gasteiger partial charge is 0.261 e. The van der Waals surface area contributed by atoms with Gasteiger partial charge in [0.05, 0.1) is 11.1 Å². The first kappa shape index (κ1) is 15.8. The number of imide groups is 1. The Kier molecular flexibility index (Phi) is 4.22. The molecule has 3 rings (SSSR count). The van der Waals surface area contributed by atoms with Crippen LogP contribution < -0.4 is 5.32 Å². The lowest BCUT2D eigenvalue weighted by molar-refractivity contribution is -0.116. The minimum atomic E-state index is -0.383. The second kappa shape index (κ2) is 6.17. The highest BCUT2D eigenvalue weighted by molar-refractivity contribution is 9.10. The predicted octanol–water partition coefficient (Wildman–Crippen LogP) is 2.23. The Morgan fingerprint density at radius 2 is 2.00 bits per heavy atom. The fourth-order valence-electron chi connectivity index (χ4n) is 2.21. The van der Waals surface area contributed by atoms with Crippen LogP contribution >= 0.6 is 27.3 Å². The number of fused-ring (bicyclic) bond motifs is 1. The highest BCUT2D eigenvalue weighted by Crippen LogP contribution is 2.26. The third-order valence-corrected chi connectivity index (χ3v) is 4.51. The molecular weight excluding hydrogens is 384 g/mol. The van der Waals surface area contributed by atoms with E-state index in [9.17, 15) is 14.4 Å². The van der Waals surface area contributed by atoms with Crippen molar-refractivity contribution in [3.8, 4) is 0 Å². The molecule has 2 aromatic rings. The topological polar surface area (TPSA) is 92.3 Å². The Labute approximate surface area is 143 Å². The molecule has 0 aliphatic carbocycles. The highest BCUT2D eigenvalue weighted by atomic mass is 79.9. The average Bonchev–Trinajstić information content (AvgIpc) is 3.00. The summed E-state index contributed by atoms with van der Waals surface area (Å²) in [7, 11) is 0. The van der Waals surface area contributed by atoms with E-state index in [-0.39, 0.29) is 30.7 Å². The third-order valence-electron chi connectivity index (χ3n) is 3.27. The molecule has 0 saturated carbocycles. The monoisotopic (exact) mass is 394 g/mol. The molecule has 1 aromatic heterocycles. The van der Waals surface area contributed by atoms with Crippen LogP contribution in [0, 0.1) is 6.92 Å². The first-order valence-corrected chi connectivity index (χ1v) is 8.32. The number of halogens is 1. The number of rotatable bonds is 4. The number of aromatic nitrogens is 2. The number of anilines is 1. The molecular formula is C14H11BrN4O3S. The molecule has 23 heavy (non-hydrogen) atoms. The van der Waals surface area contributed by atoms with Gasteiger partial charge in [0.15, 0.2) is 0 Å². The SMILES string of the molecule is Cc1nnc(NC(=O)CCN2C(=O)c3ccc(Br)cc3C2=O)s1. The fourth-order valence-corrected chi connectivity index (χ4v) is 3.18. The summed E-state index contributed by atoms with van der Waals surface area (Å²) >= 11 is 4.54. The first-order valence-electron chi connectivity index (χ1n) is 6.71. The lowest BCUT2D eigenvalue weighted by Gasteiger charge is -2.12. The Bertz CT molecular complexity index is 820. The average molecular weight is 395 g/mol. The van der Waals surface area contributed by atoms with E-state index in [4.69, 9.17) is 0 Å². The number of amides is 3. The fraction of sp³-hybridized carbons (Fsp3) is 0.214. The van der Waals surface area contributed by atoms with Crippen molar-refractivity contribution in [3.63, 3.8) is 0 Å². The van der Waals surface area contributed by atoms with Gasteiger partial charge in [0.1, 0.15) is 5.01 Å². The van der Waals surface area contributed by atoms with Gasteiger partial charge in [-0.1, -0.05) is 27.3 Å². The molecule has 2 heterocycles. The van der Waals surface area contributed by atoms with Crippen LogP contribution in [0.25, 0.3) is 0 Å². The van der Waals surface area contributed by atoms with Gasteiger partial charge in [-0.05, 0) is 25.1 Å². The van der Waals surface area contributed by atoms with Crippen molar-refractivity contribution in [1.82, 2.24) is 15.1 Å². The molecule has 0 atom stereocenters. The van der Waals surface area contributed by atoms with E-state index >= 15 is 0 Å². The molecule has 1 aliphatic rings. The highest BCUT2D eigenvalue weighted by Gasteiger charge is 2.35. The second-order valence-corrected chi connectivity index (χ2v) is 6.97. The number of hydrogen-bond donors (Lipinski definition) is 1. The zero-order chi connectivity index (χ0) is 16.6. The van der Waals surface area contributed by atoms with E-state index in [0.717, 1.165) is 14.4 Å². The number of hydrogen-bond acceptors (Lipinski definition) is 6. The van der Waals surface area contributed by atoms with Crippen LogP contribution in [0.3, 0.4) is 0 Å². The molecule has 0 saturated heterocycles. The van der Waals surface area contributed by atoms with E-state index in [0.29, 0.717) is 16.3 Å². The van der Waals surface area contributed by atoms with E-state index in [2.05, 4.69) is 31.4 Å². The van der Waals surface area contributed by atoms with Gasteiger partial charge in [-0.25, -0.2) is 0 Å². The molecule has 1 N–H and O–H groups in total. The summed E-state index contributed by atoms with van der Waals surface area (Å²) in [4.78, 5) is 37.5. The van der Waals surface area contributed by atoms with E-state index in [1.165, 1.54) is 11.3 Å². The van der Waals surface area contributed by atoms with Crippen molar-refractivity contribution in [3.05, 3.63) is 38.8 Å². The van der Waals surface area contributed by atoms with Crippen LogP contribution in [0.4, 0.5) is 5.13 Å². The molecule has 1 aromatic carbocycles. The summed E-state index contributed by atoms with van der Waals surface area (Å²) < 4.78 is 0.726. The lowest BCUT2D eigenvalue weighted by Crippen LogP contribution is -2.32. The predicted molar refractivity (Wildman–Crippen MR) is 87.4 cm³/mol. The number of nitrogens with one attached hydrogen (secondary N) is 1. The molecule has 0 radical (unpaired) electrons. The van der Waals surface area contributed by atoms with Gasteiger partial charge < -0.3 is 5.32 Å². The van der Waals surface area contributed by atoms with Gasteiger partial charge in [-0.3, -0.25) is 19.3 Å². The Balaban J connectivity index is 1.64. The molecule has 0 fully saturated rings. The van der Waals surface area contributed by atoms with Crippen molar-refractivity contribution >= 4 is 50.1 Å². The van der Waals surface area contributed by atoms with Gasteiger partial charge in [-0.15, -0.1) is 10.2 Å². The molecule has 0 spiro atoms. The van der Waals surface area contributed by atoms with Crippen molar-refractivity contribution < 1.29 is 14.4 Å². The maximum absolute atomic E-state index is 12.3. The summed E-state index contributed by atoms with van der Waals surface area (Å²) in [5, 5.41) is 11.3. The van der Waals surface area contributed by atoms with Crippen molar-refractivity contribution in [2.24, 2.45) is 0 Å². The van der Waals surface area contributed by atoms with E-state index in [1.807, 2.05) is 0 Å². The number of benzene rings is 1. The molecule has 7 nitrogen and oxygen atoms in total. The van der Waals surface area contributed by atoms with Crippen LogP contribution in [0.2, 0.25) is 0 Å². The summed E-state index contributed by atoms with van der Waals surface area (Å²) in [6.07, 6.45) is 0.00522. The van der Waals surface area contributed by atoms with E-state index < -0.39 is 0 Å². The third kappa shape index (κ3) is 3.15. The number of carbonyl (C=O) groups is 3. The Hall–Kier alpha value is -2.13. The molecule has 9 heteroatoms. The van der Waals surface area contributed by atoms with Gasteiger partial charge in [-0.2, -0.15) is 0 Å². The molecule has 3 amide bonds. The molecule has 0 bridgehead atoms. The number of aryl methyl sites for hydroxylation is 1. The van der Waals surface area contributed by atoms with Crippen LogP contribution in [0.1, 0.15) is 32.1 Å². The molecule has 1 aliphatic heterocycles. The molecule has 118 valence electrons. The van der Waals surface area contributed by atoms with Crippen molar-refractivity contribution in [2.75, 3.05) is 11.9 Å². The van der Waals surface area contributed by atoms with Crippen LogP contribution in [0.5, 0.6) is 0 Å². The lowest BCUT2D eigenvalue weighted by atomic mass is 10.1. The zero-order valence-corrected chi connectivity index (χ0v) is 14.4. The van der Waals surface area contributed by atoms with Crippen molar-refractivity contribution in [1.29, 1.82) is 0 Å². The molecule has 0 unspecified atom stereocenters. The number of carbonyl (C=O) groups excluding carboxylic acids is 3. The number of nitrogens with zero attached hydrogens (tertiary/aromatic N) is 3. The van der Waals surface area contributed by atoms with Crippen LogP contribution in [-0.2, 0) is 4.79 Å². The minimum Gasteiger partial charge on any atom is -0.300 e. The maximum atomic E-state index is 12.3. The summed E-state index contributed by atoms with van der Waals surface area (Å²) in [5.41, 5.74) is 0.711.